The van der Waals surface area contributed by atoms with Gasteiger partial charge in [-0.05, 0) is 78.9 Å². The Kier molecular flexibility index (Phi) is 5.55. The van der Waals surface area contributed by atoms with Gasteiger partial charge < -0.3 is 5.32 Å². The average molecular weight is 467 g/mol. The van der Waals surface area contributed by atoms with E-state index in [0.717, 1.165) is 40.7 Å². The Balaban J connectivity index is 1.40. The maximum Gasteiger partial charge on any atom is 0.416 e. The van der Waals surface area contributed by atoms with Gasteiger partial charge in [-0.3, -0.25) is 4.98 Å². The van der Waals surface area contributed by atoms with Gasteiger partial charge in [-0.2, -0.15) is 18.2 Å². The summed E-state index contributed by atoms with van der Waals surface area (Å²) in [5.41, 5.74) is 2.91. The Morgan fingerprint density at radius 2 is 1.79 bits per heavy atom. The molecule has 0 aliphatic carbocycles. The average Bonchev–Trinajstić information content (AvgIpc) is 3.22. The number of halogens is 4. The first-order valence-electron chi connectivity index (χ1n) is 10.9. The predicted molar refractivity (Wildman–Crippen MR) is 120 cm³/mol. The molecule has 5 nitrogen and oxygen atoms in total. The Labute approximate surface area is 193 Å². The monoisotopic (exact) mass is 467 g/mol. The summed E-state index contributed by atoms with van der Waals surface area (Å²) in [6, 6.07) is 14.2. The van der Waals surface area contributed by atoms with Gasteiger partial charge in [0.1, 0.15) is 11.6 Å². The fourth-order valence-corrected chi connectivity index (χ4v) is 4.29. The summed E-state index contributed by atoms with van der Waals surface area (Å²) in [4.78, 5) is 8.72. The molecule has 5 rings (SSSR count). The van der Waals surface area contributed by atoms with Gasteiger partial charge in [0.15, 0.2) is 0 Å². The topological polar surface area (TPSA) is 55.6 Å². The van der Waals surface area contributed by atoms with Gasteiger partial charge >= 0.3 is 6.18 Å². The van der Waals surface area contributed by atoms with E-state index in [1.807, 2.05) is 43.3 Å². The molecule has 0 spiro atoms. The lowest BCUT2D eigenvalue weighted by molar-refractivity contribution is -0.137. The largest absolute Gasteiger partial charge is 0.416 e. The van der Waals surface area contributed by atoms with Gasteiger partial charge in [-0.25, -0.2) is 9.07 Å². The van der Waals surface area contributed by atoms with Crippen LogP contribution >= 0.6 is 0 Å². The number of aryl methyl sites for hydroxylation is 2. The lowest BCUT2D eigenvalue weighted by atomic mass is 9.89. The number of benzene rings is 2. The molecule has 0 radical (unpaired) electrons. The van der Waals surface area contributed by atoms with Gasteiger partial charge in [-0.15, -0.1) is 5.10 Å². The highest BCUT2D eigenvalue weighted by Crippen LogP contribution is 2.38. The van der Waals surface area contributed by atoms with Gasteiger partial charge in [0.05, 0.1) is 5.56 Å². The molecular weight excluding hydrogens is 446 g/mol. The maximum absolute atomic E-state index is 14.5. The Bertz CT molecular complexity index is 1330. The first-order chi connectivity index (χ1) is 16.3. The minimum atomic E-state index is -4.54. The van der Waals surface area contributed by atoms with E-state index in [9.17, 15) is 17.6 Å². The van der Waals surface area contributed by atoms with Crippen LogP contribution in [0, 0.1) is 12.7 Å². The molecule has 0 fully saturated rings. The summed E-state index contributed by atoms with van der Waals surface area (Å²) >= 11 is 0. The van der Waals surface area contributed by atoms with Crippen molar-refractivity contribution >= 4 is 11.6 Å². The van der Waals surface area contributed by atoms with Crippen molar-refractivity contribution in [2.75, 3.05) is 5.32 Å². The molecular formula is C25H21F4N5. The van der Waals surface area contributed by atoms with Crippen molar-refractivity contribution in [3.8, 4) is 11.1 Å². The molecule has 1 aliphatic rings. The smallest absolute Gasteiger partial charge is 0.323 e. The van der Waals surface area contributed by atoms with Crippen LogP contribution in [-0.2, 0) is 12.7 Å². The van der Waals surface area contributed by atoms with Crippen LogP contribution in [0.25, 0.3) is 11.1 Å². The zero-order chi connectivity index (χ0) is 23.9. The molecule has 4 aromatic rings. The van der Waals surface area contributed by atoms with Crippen LogP contribution in [0.15, 0.2) is 60.8 Å². The highest BCUT2D eigenvalue weighted by atomic mass is 19.4. The van der Waals surface area contributed by atoms with E-state index in [4.69, 9.17) is 0 Å². The summed E-state index contributed by atoms with van der Waals surface area (Å²) in [6.45, 7) is 2.51. The van der Waals surface area contributed by atoms with E-state index in [-0.39, 0.29) is 5.56 Å². The van der Waals surface area contributed by atoms with Crippen LogP contribution in [0.2, 0.25) is 0 Å². The highest BCUT2D eigenvalue weighted by molar-refractivity contribution is 5.67. The molecule has 0 saturated heterocycles. The van der Waals surface area contributed by atoms with Crippen molar-refractivity contribution in [1.29, 1.82) is 0 Å². The normalized spacial score (nSPS) is 15.7. The van der Waals surface area contributed by atoms with Crippen molar-refractivity contribution in [3.63, 3.8) is 0 Å². The molecule has 1 atom stereocenters. The number of nitrogens with zero attached hydrogens (tertiary/aromatic N) is 4. The SMILES string of the molecule is Cc1cc(-c2ccc(Nc3nc4n(n3)CCCC4c3cc(C(F)(F)F)ccc3F)cc2)ccn1. The number of hydrogen-bond acceptors (Lipinski definition) is 4. The lowest BCUT2D eigenvalue weighted by Gasteiger charge is -2.23. The molecule has 34 heavy (non-hydrogen) atoms. The number of pyridine rings is 1. The molecule has 0 bridgehead atoms. The second-order valence-corrected chi connectivity index (χ2v) is 8.33. The fourth-order valence-electron chi connectivity index (χ4n) is 4.29. The first-order valence-corrected chi connectivity index (χ1v) is 10.9. The number of fused-ring (bicyclic) bond motifs is 1. The summed E-state index contributed by atoms with van der Waals surface area (Å²) in [5, 5.41) is 7.60. The second-order valence-electron chi connectivity index (χ2n) is 8.33. The van der Waals surface area contributed by atoms with E-state index < -0.39 is 23.5 Å². The van der Waals surface area contributed by atoms with Crippen LogP contribution in [0.5, 0.6) is 0 Å². The third-order valence-electron chi connectivity index (χ3n) is 5.94. The van der Waals surface area contributed by atoms with Gasteiger partial charge in [0, 0.05) is 30.0 Å². The molecule has 2 aromatic heterocycles. The number of hydrogen-bond donors (Lipinski definition) is 1. The molecule has 3 heterocycles. The number of alkyl halides is 3. The molecule has 9 heteroatoms. The molecule has 1 N–H and O–H groups in total. The van der Waals surface area contributed by atoms with Gasteiger partial charge in [0.25, 0.3) is 0 Å². The summed E-state index contributed by atoms with van der Waals surface area (Å²) in [7, 11) is 0. The van der Waals surface area contributed by atoms with Crippen molar-refractivity contribution in [1.82, 2.24) is 19.7 Å². The second kappa shape index (κ2) is 8.55. The zero-order valence-electron chi connectivity index (χ0n) is 18.3. The maximum atomic E-state index is 14.5. The number of nitrogens with one attached hydrogen (secondary N) is 1. The lowest BCUT2D eigenvalue weighted by Crippen LogP contribution is -2.19. The number of aromatic nitrogens is 4. The minimum absolute atomic E-state index is 0.00766. The third kappa shape index (κ3) is 4.37. The third-order valence-corrected chi connectivity index (χ3v) is 5.94. The summed E-state index contributed by atoms with van der Waals surface area (Å²) in [6.07, 6.45) is -1.62. The summed E-state index contributed by atoms with van der Waals surface area (Å²) in [5.74, 6) is -0.500. The zero-order valence-corrected chi connectivity index (χ0v) is 18.3. The fraction of sp³-hybridized carbons (Fsp3) is 0.240. The molecule has 174 valence electrons. The van der Waals surface area contributed by atoms with Crippen molar-refractivity contribution in [2.45, 2.75) is 38.4 Å². The number of rotatable bonds is 4. The van der Waals surface area contributed by atoms with E-state index in [2.05, 4.69) is 20.4 Å². The highest BCUT2D eigenvalue weighted by Gasteiger charge is 2.34. The number of anilines is 2. The van der Waals surface area contributed by atoms with Crippen molar-refractivity contribution in [2.24, 2.45) is 0 Å². The first kappa shape index (κ1) is 22.1. The van der Waals surface area contributed by atoms with Gasteiger partial charge in [-0.1, -0.05) is 12.1 Å². The predicted octanol–water partition coefficient (Wildman–Crippen LogP) is 6.48. The van der Waals surface area contributed by atoms with E-state index >= 15 is 0 Å². The summed E-state index contributed by atoms with van der Waals surface area (Å²) < 4.78 is 55.8. The molecule has 1 aliphatic heterocycles. The van der Waals surface area contributed by atoms with Crippen molar-refractivity contribution in [3.05, 3.63) is 89.3 Å². The Morgan fingerprint density at radius 1 is 1.00 bits per heavy atom. The minimum Gasteiger partial charge on any atom is -0.323 e. The van der Waals surface area contributed by atoms with E-state index in [1.165, 1.54) is 0 Å². The quantitative estimate of drug-likeness (QED) is 0.349. The van der Waals surface area contributed by atoms with E-state index in [0.29, 0.717) is 31.2 Å². The van der Waals surface area contributed by atoms with Crippen molar-refractivity contribution < 1.29 is 17.6 Å². The molecule has 0 amide bonds. The Hall–Kier alpha value is -3.75. The van der Waals surface area contributed by atoms with Crippen LogP contribution in [-0.4, -0.2) is 19.7 Å². The van der Waals surface area contributed by atoms with E-state index in [1.54, 1.807) is 10.9 Å². The Morgan fingerprint density at radius 3 is 2.53 bits per heavy atom. The van der Waals surface area contributed by atoms with Crippen LogP contribution in [0.4, 0.5) is 29.2 Å². The van der Waals surface area contributed by atoms with Gasteiger partial charge in [0.2, 0.25) is 5.95 Å². The molecule has 2 aromatic carbocycles. The van der Waals surface area contributed by atoms with Crippen LogP contribution in [0.1, 0.15) is 41.4 Å². The van der Waals surface area contributed by atoms with Crippen LogP contribution < -0.4 is 5.32 Å². The molecule has 1 unspecified atom stereocenters. The van der Waals surface area contributed by atoms with Crippen LogP contribution in [0.3, 0.4) is 0 Å². The molecule has 0 saturated carbocycles. The standard InChI is InChI=1S/C25H21F4N5/c1-15-13-17(10-11-30-15)16-4-7-19(8-5-16)31-24-32-23-20(3-2-12-34(23)33-24)21-14-18(25(27,28)29)6-9-22(21)26/h4-11,13-14,20H,2-3,12H2,1H3,(H,31,33).